The average Bonchev–Trinajstić information content (AvgIpc) is 2.91. The van der Waals surface area contributed by atoms with Gasteiger partial charge in [0.15, 0.2) is 0 Å². The monoisotopic (exact) mass is 387 g/mol. The minimum Gasteiger partial charge on any atom is -0.406 e. The van der Waals surface area contributed by atoms with Crippen molar-refractivity contribution in [2.24, 2.45) is 0 Å². The molecule has 0 unspecified atom stereocenters. The maximum Gasteiger partial charge on any atom is 0.573 e. The molecule has 0 aliphatic heterocycles. The molecule has 26 heavy (non-hydrogen) atoms. The zero-order valence-corrected chi connectivity index (χ0v) is 14.3. The highest BCUT2D eigenvalue weighted by molar-refractivity contribution is 7.89. The second kappa shape index (κ2) is 6.57. The molecule has 0 bridgehead atoms. The smallest absolute Gasteiger partial charge is 0.406 e. The van der Waals surface area contributed by atoms with E-state index in [1.54, 1.807) is 12.1 Å². The third-order valence-electron chi connectivity index (χ3n) is 4.25. The molecule has 2 N–H and O–H groups in total. The van der Waals surface area contributed by atoms with E-state index in [2.05, 4.69) is 9.46 Å². The number of nitrogens with one attached hydrogen (secondary N) is 1. The van der Waals surface area contributed by atoms with Gasteiger partial charge in [-0.3, -0.25) is 0 Å². The zero-order chi connectivity index (χ0) is 19.0. The summed E-state index contributed by atoms with van der Waals surface area (Å²) in [6.45, 7) is -0.229. The molecule has 0 radical (unpaired) electrons. The normalized spacial score (nSPS) is 20.0. The highest BCUT2D eigenvalue weighted by atomic mass is 32.2. The summed E-state index contributed by atoms with van der Waals surface area (Å²) in [4.78, 5) is -0.220. The van der Waals surface area contributed by atoms with E-state index in [9.17, 15) is 26.7 Å². The Morgan fingerprint density at radius 2 is 1.77 bits per heavy atom. The maximum atomic E-state index is 12.4. The molecular weight excluding hydrogens is 371 g/mol. The molecule has 5 nitrogen and oxygen atoms in total. The first-order valence-electron chi connectivity index (χ1n) is 7.75. The lowest BCUT2D eigenvalue weighted by Crippen LogP contribution is -2.39. The van der Waals surface area contributed by atoms with Crippen molar-refractivity contribution < 1.29 is 31.4 Å². The van der Waals surface area contributed by atoms with Crippen LogP contribution in [0.5, 0.6) is 5.75 Å². The molecule has 140 valence electrons. The summed E-state index contributed by atoms with van der Waals surface area (Å²) in [5, 5.41) is 10.8. The number of benzene rings is 2. The summed E-state index contributed by atoms with van der Waals surface area (Å²) in [7, 11) is -4.00. The van der Waals surface area contributed by atoms with Crippen LogP contribution >= 0.6 is 0 Å². The van der Waals surface area contributed by atoms with Crippen LogP contribution in [0.15, 0.2) is 53.4 Å². The number of hydrogen-bond acceptors (Lipinski definition) is 4. The summed E-state index contributed by atoms with van der Waals surface area (Å²) >= 11 is 0. The van der Waals surface area contributed by atoms with Crippen molar-refractivity contribution in [1.29, 1.82) is 0 Å². The zero-order valence-electron chi connectivity index (χ0n) is 13.5. The Balaban J connectivity index is 1.72. The van der Waals surface area contributed by atoms with Gasteiger partial charge in [0.1, 0.15) is 11.4 Å². The number of sulfonamides is 1. The fourth-order valence-corrected chi connectivity index (χ4v) is 4.06. The SMILES string of the molecule is O=S(=O)(NC[C@]1(O)CCc2ccccc21)c1ccc(OC(F)(F)F)cc1. The van der Waals surface area contributed by atoms with Crippen LogP contribution in [0, 0.1) is 0 Å². The van der Waals surface area contributed by atoms with Crippen molar-refractivity contribution in [1.82, 2.24) is 4.72 Å². The van der Waals surface area contributed by atoms with Crippen LogP contribution in [0.25, 0.3) is 0 Å². The Labute approximate surface area is 148 Å². The van der Waals surface area contributed by atoms with Gasteiger partial charge in [-0.15, -0.1) is 13.2 Å². The van der Waals surface area contributed by atoms with Crippen molar-refractivity contribution in [2.45, 2.75) is 29.7 Å². The van der Waals surface area contributed by atoms with Crippen LogP contribution in [0.3, 0.4) is 0 Å². The summed E-state index contributed by atoms with van der Waals surface area (Å²) in [5.74, 6) is -0.514. The number of aryl methyl sites for hydroxylation is 1. The van der Waals surface area contributed by atoms with Gasteiger partial charge in [-0.25, -0.2) is 13.1 Å². The lowest BCUT2D eigenvalue weighted by Gasteiger charge is -2.24. The number of halogens is 3. The summed E-state index contributed by atoms with van der Waals surface area (Å²) < 4.78 is 67.2. The van der Waals surface area contributed by atoms with Crippen molar-refractivity contribution in [2.75, 3.05) is 6.54 Å². The molecule has 1 aliphatic carbocycles. The number of fused-ring (bicyclic) bond motifs is 1. The fourth-order valence-electron chi connectivity index (χ4n) is 2.97. The predicted octanol–water partition coefficient (Wildman–Crippen LogP) is 2.70. The standard InChI is InChI=1S/C17H16F3NO4S/c18-17(19,20)25-13-5-7-14(8-6-13)26(23,24)21-11-16(22)10-9-12-3-1-2-4-15(12)16/h1-8,21-22H,9-11H2/t16-/m1/s1. The number of aliphatic hydroxyl groups is 1. The number of hydrogen-bond donors (Lipinski definition) is 2. The fraction of sp³-hybridized carbons (Fsp3) is 0.294. The third kappa shape index (κ3) is 4.00. The summed E-state index contributed by atoms with van der Waals surface area (Å²) in [5.41, 5.74) is 0.322. The van der Waals surface area contributed by atoms with Gasteiger partial charge >= 0.3 is 6.36 Å². The minimum absolute atomic E-state index is 0.220. The first kappa shape index (κ1) is 18.7. The van der Waals surface area contributed by atoms with Gasteiger partial charge in [-0.2, -0.15) is 0 Å². The molecule has 1 atom stereocenters. The van der Waals surface area contributed by atoms with Gasteiger partial charge in [0.25, 0.3) is 0 Å². The molecule has 1 aliphatic rings. The maximum absolute atomic E-state index is 12.4. The molecular formula is C17H16F3NO4S. The van der Waals surface area contributed by atoms with Gasteiger partial charge in [-0.05, 0) is 48.2 Å². The Bertz CT molecular complexity index is 897. The first-order chi connectivity index (χ1) is 12.1. The van der Waals surface area contributed by atoms with Crippen molar-refractivity contribution in [3.05, 3.63) is 59.7 Å². The van der Waals surface area contributed by atoms with Gasteiger partial charge in [0, 0.05) is 6.54 Å². The van der Waals surface area contributed by atoms with Crippen LogP contribution in [0.4, 0.5) is 13.2 Å². The Morgan fingerprint density at radius 3 is 2.42 bits per heavy atom. The largest absolute Gasteiger partial charge is 0.573 e. The Hall–Kier alpha value is -2.10. The van der Waals surface area contributed by atoms with Gasteiger partial charge < -0.3 is 9.84 Å². The lowest BCUT2D eigenvalue weighted by molar-refractivity contribution is -0.274. The molecule has 9 heteroatoms. The molecule has 3 rings (SSSR count). The number of alkyl halides is 3. The molecule has 2 aromatic carbocycles. The second-order valence-electron chi connectivity index (χ2n) is 6.03. The van der Waals surface area contributed by atoms with E-state index in [1.807, 2.05) is 12.1 Å². The third-order valence-corrected chi connectivity index (χ3v) is 5.67. The number of ether oxygens (including phenoxy) is 1. The van der Waals surface area contributed by atoms with Crippen molar-refractivity contribution >= 4 is 10.0 Å². The molecule has 0 heterocycles. The van der Waals surface area contributed by atoms with Crippen LogP contribution in [-0.2, 0) is 22.0 Å². The molecule has 0 spiro atoms. The molecule has 0 saturated carbocycles. The molecule has 0 fully saturated rings. The van der Waals surface area contributed by atoms with Crippen molar-refractivity contribution in [3.8, 4) is 5.75 Å². The van der Waals surface area contributed by atoms with E-state index in [0.29, 0.717) is 18.4 Å². The van der Waals surface area contributed by atoms with E-state index in [0.717, 1.165) is 29.8 Å². The van der Waals surface area contributed by atoms with Gasteiger partial charge in [-0.1, -0.05) is 24.3 Å². The highest BCUT2D eigenvalue weighted by Crippen LogP contribution is 2.36. The summed E-state index contributed by atoms with van der Waals surface area (Å²) in [6, 6.07) is 11.1. The van der Waals surface area contributed by atoms with E-state index in [-0.39, 0.29) is 11.4 Å². The topological polar surface area (TPSA) is 75.6 Å². The molecule has 0 amide bonds. The van der Waals surface area contributed by atoms with E-state index in [4.69, 9.17) is 0 Å². The quantitative estimate of drug-likeness (QED) is 0.827. The molecule has 0 aromatic heterocycles. The molecule has 0 saturated heterocycles. The Kier molecular flexibility index (Phi) is 4.72. The highest BCUT2D eigenvalue weighted by Gasteiger charge is 2.37. The minimum atomic E-state index is -4.85. The van der Waals surface area contributed by atoms with E-state index < -0.39 is 27.7 Å². The molecule has 2 aromatic rings. The number of rotatable bonds is 5. The van der Waals surface area contributed by atoms with Crippen LogP contribution in [-0.4, -0.2) is 26.4 Å². The van der Waals surface area contributed by atoms with Gasteiger partial charge in [0.05, 0.1) is 4.90 Å². The predicted molar refractivity (Wildman–Crippen MR) is 87.0 cm³/mol. The second-order valence-corrected chi connectivity index (χ2v) is 7.80. The van der Waals surface area contributed by atoms with Crippen LogP contribution in [0.2, 0.25) is 0 Å². The summed E-state index contributed by atoms with van der Waals surface area (Å²) in [6.07, 6.45) is -3.83. The van der Waals surface area contributed by atoms with E-state index in [1.165, 1.54) is 0 Å². The first-order valence-corrected chi connectivity index (χ1v) is 9.24. The van der Waals surface area contributed by atoms with Gasteiger partial charge in [0.2, 0.25) is 10.0 Å². The van der Waals surface area contributed by atoms with Crippen LogP contribution < -0.4 is 9.46 Å². The van der Waals surface area contributed by atoms with E-state index >= 15 is 0 Å². The average molecular weight is 387 g/mol. The van der Waals surface area contributed by atoms with Crippen molar-refractivity contribution in [3.63, 3.8) is 0 Å². The Morgan fingerprint density at radius 1 is 1.12 bits per heavy atom. The van der Waals surface area contributed by atoms with Crippen LogP contribution in [0.1, 0.15) is 17.5 Å². The lowest BCUT2D eigenvalue weighted by atomic mass is 9.96.